The summed E-state index contributed by atoms with van der Waals surface area (Å²) in [5, 5.41) is 11.5. The van der Waals surface area contributed by atoms with Gasteiger partial charge in [-0.1, -0.05) is 39.3 Å². The van der Waals surface area contributed by atoms with Gasteiger partial charge in [-0.15, -0.1) is 0 Å². The Kier molecular flexibility index (Phi) is 3.62. The van der Waals surface area contributed by atoms with E-state index in [4.69, 9.17) is 0 Å². The van der Waals surface area contributed by atoms with E-state index in [-0.39, 0.29) is 33.7 Å². The molecule has 3 saturated carbocycles. The van der Waals surface area contributed by atoms with E-state index >= 15 is 0 Å². The minimum Gasteiger partial charge on any atom is -0.381 e. The Balaban J connectivity index is 1.80. The van der Waals surface area contributed by atoms with Crippen LogP contribution in [0.3, 0.4) is 0 Å². The average molecular weight is 357 g/mol. The van der Waals surface area contributed by atoms with Crippen molar-refractivity contribution in [1.82, 2.24) is 0 Å². The van der Waals surface area contributed by atoms with E-state index in [2.05, 4.69) is 33.8 Å². The quantitative estimate of drug-likeness (QED) is 0.764. The minimum absolute atomic E-state index is 0.00516. The van der Waals surface area contributed by atoms with Crippen LogP contribution in [0.4, 0.5) is 0 Å². The first-order chi connectivity index (χ1) is 12.0. The fraction of sp³-hybridized carbons (Fsp3) is 0.739. The van der Waals surface area contributed by atoms with Gasteiger partial charge in [-0.05, 0) is 74.3 Å². The highest BCUT2D eigenvalue weighted by molar-refractivity contribution is 6.01. The molecule has 3 nitrogen and oxygen atoms in total. The summed E-state index contributed by atoms with van der Waals surface area (Å²) in [5.74, 6) is 0.877. The number of rotatable bonds is 1. The van der Waals surface area contributed by atoms with E-state index in [0.717, 1.165) is 32.1 Å². The fourth-order valence-electron chi connectivity index (χ4n) is 7.63. The molecule has 0 amide bonds. The second kappa shape index (κ2) is 5.19. The lowest BCUT2D eigenvalue weighted by Gasteiger charge is -2.63. The van der Waals surface area contributed by atoms with Gasteiger partial charge in [0.25, 0.3) is 0 Å². The average Bonchev–Trinajstić information content (AvgIpc) is 2.78. The standard InChI is InChI=1S/C23H32O3/c1-14-12-19-18-7-6-16-13-17(25)8-9-20(16,3)21(18,4)10-11-22(19,5)23(14,26)15(2)24/h8-9,13-14,18-19,26H,6-7,10-12H2,1-5H3. The van der Waals surface area contributed by atoms with Crippen molar-refractivity contribution in [3.05, 3.63) is 23.8 Å². The van der Waals surface area contributed by atoms with E-state index in [9.17, 15) is 14.7 Å². The lowest BCUT2D eigenvalue weighted by atomic mass is 9.40. The lowest BCUT2D eigenvalue weighted by Crippen LogP contribution is -2.61. The molecule has 142 valence electrons. The Labute approximate surface area is 156 Å². The summed E-state index contributed by atoms with van der Waals surface area (Å²) in [6, 6.07) is 0. The zero-order chi connectivity index (χ0) is 19.1. The van der Waals surface area contributed by atoms with Gasteiger partial charge in [0.2, 0.25) is 0 Å². The Hall–Kier alpha value is -1.22. The first-order valence-corrected chi connectivity index (χ1v) is 10.2. The summed E-state index contributed by atoms with van der Waals surface area (Å²) in [6.07, 6.45) is 10.5. The Morgan fingerprint density at radius 3 is 2.46 bits per heavy atom. The maximum atomic E-state index is 12.5. The van der Waals surface area contributed by atoms with Crippen LogP contribution in [0, 0.1) is 34.0 Å². The summed E-state index contributed by atoms with van der Waals surface area (Å²) in [4.78, 5) is 24.4. The topological polar surface area (TPSA) is 54.4 Å². The Bertz CT molecular complexity index is 749. The van der Waals surface area contributed by atoms with Crippen molar-refractivity contribution in [3.8, 4) is 0 Å². The highest BCUT2D eigenvalue weighted by Gasteiger charge is 2.70. The lowest BCUT2D eigenvalue weighted by molar-refractivity contribution is -0.173. The normalized spacial score (nSPS) is 52.8. The van der Waals surface area contributed by atoms with E-state index in [1.807, 2.05) is 6.08 Å². The molecule has 26 heavy (non-hydrogen) atoms. The summed E-state index contributed by atoms with van der Waals surface area (Å²) in [5.41, 5.74) is -0.283. The molecule has 4 aliphatic rings. The second-order valence-corrected chi connectivity index (χ2v) is 10.2. The third kappa shape index (κ3) is 1.83. The van der Waals surface area contributed by atoms with Gasteiger partial charge >= 0.3 is 0 Å². The van der Waals surface area contributed by atoms with Crippen LogP contribution in [0.5, 0.6) is 0 Å². The highest BCUT2D eigenvalue weighted by Crippen LogP contribution is 2.72. The maximum Gasteiger partial charge on any atom is 0.178 e. The second-order valence-electron chi connectivity index (χ2n) is 10.2. The molecule has 0 aromatic rings. The zero-order valence-electron chi connectivity index (χ0n) is 16.8. The van der Waals surface area contributed by atoms with Gasteiger partial charge in [-0.2, -0.15) is 0 Å². The summed E-state index contributed by atoms with van der Waals surface area (Å²) in [6.45, 7) is 10.5. The smallest absolute Gasteiger partial charge is 0.178 e. The summed E-state index contributed by atoms with van der Waals surface area (Å²) < 4.78 is 0. The van der Waals surface area contributed by atoms with Crippen molar-refractivity contribution in [1.29, 1.82) is 0 Å². The van der Waals surface area contributed by atoms with Crippen LogP contribution in [0.25, 0.3) is 0 Å². The van der Waals surface area contributed by atoms with Crippen LogP contribution in [-0.2, 0) is 9.59 Å². The van der Waals surface area contributed by atoms with Crippen molar-refractivity contribution in [2.24, 2.45) is 34.0 Å². The van der Waals surface area contributed by atoms with Crippen molar-refractivity contribution in [2.45, 2.75) is 72.3 Å². The third-order valence-corrected chi connectivity index (χ3v) is 9.49. The van der Waals surface area contributed by atoms with Crippen LogP contribution in [0.1, 0.15) is 66.7 Å². The molecule has 7 atom stereocenters. The Morgan fingerprint density at radius 1 is 1.15 bits per heavy atom. The molecule has 7 unspecified atom stereocenters. The van der Waals surface area contributed by atoms with Crippen molar-refractivity contribution in [2.75, 3.05) is 0 Å². The monoisotopic (exact) mass is 356 g/mol. The molecule has 0 bridgehead atoms. The molecule has 0 aromatic heterocycles. The number of carbonyl (C=O) groups excluding carboxylic acids is 2. The molecular weight excluding hydrogens is 324 g/mol. The number of hydrogen-bond donors (Lipinski definition) is 1. The van der Waals surface area contributed by atoms with E-state index in [1.165, 1.54) is 5.57 Å². The number of aliphatic hydroxyl groups is 1. The zero-order valence-corrected chi connectivity index (χ0v) is 16.8. The number of fused-ring (bicyclic) bond motifs is 5. The molecule has 0 radical (unpaired) electrons. The third-order valence-electron chi connectivity index (χ3n) is 9.49. The molecule has 0 saturated heterocycles. The van der Waals surface area contributed by atoms with E-state index < -0.39 is 5.60 Å². The van der Waals surface area contributed by atoms with Crippen molar-refractivity contribution < 1.29 is 14.7 Å². The van der Waals surface area contributed by atoms with Crippen molar-refractivity contribution in [3.63, 3.8) is 0 Å². The predicted octanol–water partition coefficient (Wildman–Crippen LogP) is 4.25. The largest absolute Gasteiger partial charge is 0.381 e. The molecule has 4 rings (SSSR count). The maximum absolute atomic E-state index is 12.5. The molecule has 1 N–H and O–H groups in total. The van der Waals surface area contributed by atoms with Crippen LogP contribution < -0.4 is 0 Å². The number of allylic oxidation sites excluding steroid dienone is 4. The molecule has 0 aliphatic heterocycles. The molecule has 0 heterocycles. The van der Waals surface area contributed by atoms with Gasteiger partial charge in [-0.3, -0.25) is 9.59 Å². The first-order valence-electron chi connectivity index (χ1n) is 10.2. The predicted molar refractivity (Wildman–Crippen MR) is 101 cm³/mol. The van der Waals surface area contributed by atoms with Gasteiger partial charge in [0.15, 0.2) is 11.6 Å². The van der Waals surface area contributed by atoms with Gasteiger partial charge in [0.05, 0.1) is 0 Å². The summed E-state index contributed by atoms with van der Waals surface area (Å²) in [7, 11) is 0. The van der Waals surface area contributed by atoms with E-state index in [1.54, 1.807) is 13.0 Å². The molecule has 4 aliphatic carbocycles. The van der Waals surface area contributed by atoms with E-state index in [0.29, 0.717) is 11.8 Å². The van der Waals surface area contributed by atoms with Crippen LogP contribution >= 0.6 is 0 Å². The SMILES string of the molecule is CC(=O)C1(O)C(C)CC2C3CCC4=CC(=O)C=CC4(C)C3(C)CCC21C. The molecule has 3 fully saturated rings. The summed E-state index contributed by atoms with van der Waals surface area (Å²) >= 11 is 0. The highest BCUT2D eigenvalue weighted by atomic mass is 16.3. The Morgan fingerprint density at radius 2 is 1.81 bits per heavy atom. The molecule has 3 heteroatoms. The fourth-order valence-corrected chi connectivity index (χ4v) is 7.63. The van der Waals surface area contributed by atoms with Gasteiger partial charge in [0, 0.05) is 10.8 Å². The van der Waals surface area contributed by atoms with Gasteiger partial charge < -0.3 is 5.11 Å². The number of Topliss-reactive ketones (excluding diaryl/α,β-unsaturated/α-hetero) is 1. The minimum atomic E-state index is -1.20. The molecule has 0 spiro atoms. The van der Waals surface area contributed by atoms with Crippen LogP contribution in [0.15, 0.2) is 23.8 Å². The number of ketones is 2. The van der Waals surface area contributed by atoms with Crippen LogP contribution in [0.2, 0.25) is 0 Å². The molecular formula is C23H32O3. The van der Waals surface area contributed by atoms with Crippen molar-refractivity contribution >= 4 is 11.6 Å². The van der Waals surface area contributed by atoms with Gasteiger partial charge in [0.1, 0.15) is 5.60 Å². The van der Waals surface area contributed by atoms with Gasteiger partial charge in [-0.25, -0.2) is 0 Å². The molecule has 0 aromatic carbocycles. The number of hydrogen-bond acceptors (Lipinski definition) is 3. The number of carbonyl (C=O) groups is 2. The van der Waals surface area contributed by atoms with Crippen LogP contribution in [-0.4, -0.2) is 22.3 Å². The first kappa shape index (κ1) is 18.2.